The molecule has 0 saturated heterocycles. The van der Waals surface area contributed by atoms with E-state index in [1.807, 2.05) is 11.4 Å². The lowest BCUT2D eigenvalue weighted by Crippen LogP contribution is -2.29. The number of nitrogens with one attached hydrogen (secondary N) is 2. The molecule has 0 radical (unpaired) electrons. The molecule has 0 aliphatic heterocycles. The van der Waals surface area contributed by atoms with Gasteiger partial charge in [0.15, 0.2) is 0 Å². The fourth-order valence-electron chi connectivity index (χ4n) is 1.76. The van der Waals surface area contributed by atoms with Crippen LogP contribution in [-0.2, 0) is 0 Å². The summed E-state index contributed by atoms with van der Waals surface area (Å²) >= 11 is 13.1. The lowest BCUT2D eigenvalue weighted by molar-refractivity contribution is 0.0953. The number of halogens is 2. The third-order valence-corrected chi connectivity index (χ3v) is 4.26. The van der Waals surface area contributed by atoms with Crippen molar-refractivity contribution in [3.63, 3.8) is 0 Å². The van der Waals surface area contributed by atoms with Gasteiger partial charge in [-0.3, -0.25) is 9.59 Å². The van der Waals surface area contributed by atoms with Crippen LogP contribution in [0.25, 0.3) is 0 Å². The molecule has 22 heavy (non-hydrogen) atoms. The molecule has 0 bridgehead atoms. The summed E-state index contributed by atoms with van der Waals surface area (Å²) in [5, 5.41) is 8.20. The van der Waals surface area contributed by atoms with Crippen molar-refractivity contribution in [1.82, 2.24) is 10.6 Å². The Labute approximate surface area is 142 Å². The van der Waals surface area contributed by atoms with Gasteiger partial charge in [-0.25, -0.2) is 0 Å². The number of carbonyl (C=O) groups excluding carboxylic acids is 2. The summed E-state index contributed by atoms with van der Waals surface area (Å²) in [5.41, 5.74) is 0.383. The van der Waals surface area contributed by atoms with Crippen LogP contribution < -0.4 is 10.6 Å². The molecule has 2 rings (SSSR count). The summed E-state index contributed by atoms with van der Waals surface area (Å²) in [6, 6.07) is 8.32. The zero-order chi connectivity index (χ0) is 15.9. The van der Waals surface area contributed by atoms with Gasteiger partial charge in [0.25, 0.3) is 11.8 Å². The fraction of sp³-hybridized carbons (Fsp3) is 0.200. The van der Waals surface area contributed by atoms with E-state index in [0.717, 1.165) is 0 Å². The van der Waals surface area contributed by atoms with Crippen molar-refractivity contribution in [2.45, 2.75) is 6.42 Å². The first-order valence-electron chi connectivity index (χ1n) is 6.63. The Morgan fingerprint density at radius 3 is 2.41 bits per heavy atom. The second kappa shape index (κ2) is 8.17. The van der Waals surface area contributed by atoms with Crippen molar-refractivity contribution < 1.29 is 9.59 Å². The minimum atomic E-state index is -0.258. The van der Waals surface area contributed by atoms with E-state index in [1.54, 1.807) is 18.2 Å². The molecule has 0 atom stereocenters. The molecule has 0 aliphatic rings. The number of hydrogen-bond acceptors (Lipinski definition) is 3. The van der Waals surface area contributed by atoms with Crippen molar-refractivity contribution >= 4 is 46.4 Å². The van der Waals surface area contributed by atoms with Crippen LogP contribution in [0, 0.1) is 0 Å². The Balaban J connectivity index is 1.70. The quantitative estimate of drug-likeness (QED) is 0.776. The molecule has 116 valence electrons. The van der Waals surface area contributed by atoms with Gasteiger partial charge in [0.2, 0.25) is 0 Å². The van der Waals surface area contributed by atoms with Gasteiger partial charge in [-0.1, -0.05) is 29.3 Å². The highest BCUT2D eigenvalue weighted by molar-refractivity contribution is 7.12. The first-order valence-corrected chi connectivity index (χ1v) is 8.26. The summed E-state index contributed by atoms with van der Waals surface area (Å²) < 4.78 is 0. The first kappa shape index (κ1) is 16.8. The van der Waals surface area contributed by atoms with Crippen molar-refractivity contribution in [2.24, 2.45) is 0 Å². The number of rotatable bonds is 6. The smallest absolute Gasteiger partial charge is 0.261 e. The van der Waals surface area contributed by atoms with Crippen LogP contribution in [0.4, 0.5) is 0 Å². The van der Waals surface area contributed by atoms with E-state index in [4.69, 9.17) is 23.2 Å². The topological polar surface area (TPSA) is 58.2 Å². The maximum absolute atomic E-state index is 11.9. The Morgan fingerprint density at radius 1 is 1.05 bits per heavy atom. The highest BCUT2D eigenvalue weighted by atomic mass is 35.5. The normalized spacial score (nSPS) is 10.3. The van der Waals surface area contributed by atoms with Crippen LogP contribution in [-0.4, -0.2) is 24.9 Å². The first-order chi connectivity index (χ1) is 10.6. The number of benzene rings is 1. The number of amides is 2. The van der Waals surface area contributed by atoms with E-state index in [-0.39, 0.29) is 11.8 Å². The summed E-state index contributed by atoms with van der Waals surface area (Å²) in [6.07, 6.45) is 0.633. The van der Waals surface area contributed by atoms with Crippen molar-refractivity contribution in [3.8, 4) is 0 Å². The van der Waals surface area contributed by atoms with E-state index in [2.05, 4.69) is 10.6 Å². The maximum atomic E-state index is 11.9. The maximum Gasteiger partial charge on any atom is 0.261 e. The van der Waals surface area contributed by atoms with E-state index < -0.39 is 0 Å². The molecule has 0 saturated carbocycles. The third kappa shape index (κ3) is 4.73. The molecule has 1 aromatic heterocycles. The SMILES string of the molecule is O=C(NCCCNC(=O)c1ccc(Cl)cc1Cl)c1cccs1. The van der Waals surface area contributed by atoms with Gasteiger partial charge >= 0.3 is 0 Å². The van der Waals surface area contributed by atoms with E-state index in [1.165, 1.54) is 17.4 Å². The average molecular weight is 357 g/mol. The van der Waals surface area contributed by atoms with Crippen molar-refractivity contribution in [1.29, 1.82) is 0 Å². The van der Waals surface area contributed by atoms with E-state index in [0.29, 0.717) is 40.0 Å². The number of carbonyl (C=O) groups is 2. The predicted octanol–water partition coefficient (Wildman–Crippen LogP) is 3.60. The molecule has 4 nitrogen and oxygen atoms in total. The minimum Gasteiger partial charge on any atom is -0.352 e. The lowest BCUT2D eigenvalue weighted by atomic mass is 10.2. The fourth-order valence-corrected chi connectivity index (χ4v) is 2.89. The largest absolute Gasteiger partial charge is 0.352 e. The monoisotopic (exact) mass is 356 g/mol. The average Bonchev–Trinajstić information content (AvgIpc) is 3.00. The molecular formula is C15H14Cl2N2O2S. The summed E-state index contributed by atoms with van der Waals surface area (Å²) in [4.78, 5) is 24.3. The minimum absolute atomic E-state index is 0.0953. The second-order valence-electron chi connectivity index (χ2n) is 4.47. The van der Waals surface area contributed by atoms with Gasteiger partial charge in [-0.15, -0.1) is 11.3 Å². The van der Waals surface area contributed by atoms with Crippen LogP contribution in [0.15, 0.2) is 35.7 Å². The van der Waals surface area contributed by atoms with Crippen LogP contribution >= 0.6 is 34.5 Å². The van der Waals surface area contributed by atoms with Crippen LogP contribution in [0.2, 0.25) is 10.0 Å². The molecular weight excluding hydrogens is 343 g/mol. The summed E-state index contributed by atoms with van der Waals surface area (Å²) in [6.45, 7) is 0.938. The standard InChI is InChI=1S/C15H14Cl2N2O2S/c16-10-4-5-11(12(17)9-10)14(20)18-6-2-7-19-15(21)13-3-1-8-22-13/h1,3-5,8-9H,2,6-7H2,(H,18,20)(H,19,21). The van der Waals surface area contributed by atoms with E-state index in [9.17, 15) is 9.59 Å². The zero-order valence-electron chi connectivity index (χ0n) is 11.6. The van der Waals surface area contributed by atoms with Crippen molar-refractivity contribution in [2.75, 3.05) is 13.1 Å². The van der Waals surface area contributed by atoms with Crippen molar-refractivity contribution in [3.05, 3.63) is 56.2 Å². The van der Waals surface area contributed by atoms with Gasteiger partial charge in [-0.05, 0) is 36.1 Å². The van der Waals surface area contributed by atoms with Gasteiger partial charge < -0.3 is 10.6 Å². The Kier molecular flexibility index (Phi) is 6.24. The number of hydrogen-bond donors (Lipinski definition) is 2. The van der Waals surface area contributed by atoms with Gasteiger partial charge in [0.05, 0.1) is 15.5 Å². The van der Waals surface area contributed by atoms with Gasteiger partial charge in [-0.2, -0.15) is 0 Å². The molecule has 0 fully saturated rings. The van der Waals surface area contributed by atoms with E-state index >= 15 is 0 Å². The molecule has 2 amide bonds. The van der Waals surface area contributed by atoms with Crippen LogP contribution in [0.3, 0.4) is 0 Å². The molecule has 0 spiro atoms. The third-order valence-electron chi connectivity index (χ3n) is 2.85. The molecule has 0 unspecified atom stereocenters. The predicted molar refractivity (Wildman–Crippen MR) is 90.1 cm³/mol. The second-order valence-corrected chi connectivity index (χ2v) is 6.26. The highest BCUT2D eigenvalue weighted by Crippen LogP contribution is 2.20. The highest BCUT2D eigenvalue weighted by Gasteiger charge is 2.10. The summed E-state index contributed by atoms with van der Waals surface area (Å²) in [7, 11) is 0. The molecule has 2 aromatic rings. The van der Waals surface area contributed by atoms with Crippen LogP contribution in [0.5, 0.6) is 0 Å². The summed E-state index contributed by atoms with van der Waals surface area (Å²) in [5.74, 6) is -0.353. The Morgan fingerprint density at radius 2 is 1.77 bits per heavy atom. The molecule has 0 aliphatic carbocycles. The van der Waals surface area contributed by atoms with Gasteiger partial charge in [0.1, 0.15) is 0 Å². The molecule has 2 N–H and O–H groups in total. The Bertz CT molecular complexity index is 660. The molecule has 1 aromatic carbocycles. The Hall–Kier alpha value is -1.56. The van der Waals surface area contributed by atoms with Crippen LogP contribution in [0.1, 0.15) is 26.5 Å². The zero-order valence-corrected chi connectivity index (χ0v) is 13.9. The molecule has 1 heterocycles. The molecule has 7 heteroatoms. The lowest BCUT2D eigenvalue weighted by Gasteiger charge is -2.07. The van der Waals surface area contributed by atoms with Gasteiger partial charge in [0, 0.05) is 18.1 Å². The number of thiophene rings is 1.